The lowest BCUT2D eigenvalue weighted by Gasteiger charge is -2.05. The molecule has 6 heteroatoms. The van der Waals surface area contributed by atoms with Crippen LogP contribution in [-0.4, -0.2) is 10.1 Å². The van der Waals surface area contributed by atoms with E-state index in [9.17, 15) is 0 Å². The van der Waals surface area contributed by atoms with Gasteiger partial charge in [0.15, 0.2) is 6.61 Å². The zero-order valence-corrected chi connectivity index (χ0v) is 12.6. The number of aromatic nitrogens is 2. The molecule has 0 radical (unpaired) electrons. The van der Waals surface area contributed by atoms with Crippen LogP contribution in [0.4, 0.5) is 5.69 Å². The minimum atomic E-state index is 0.172. The number of anilines is 1. The largest absolute Gasteiger partial charge is 0.482 e. The fourth-order valence-electron chi connectivity index (χ4n) is 1.82. The van der Waals surface area contributed by atoms with Gasteiger partial charge in [0.1, 0.15) is 5.75 Å². The molecule has 21 heavy (non-hydrogen) atoms. The van der Waals surface area contributed by atoms with Crippen molar-refractivity contribution in [3.8, 4) is 17.1 Å². The van der Waals surface area contributed by atoms with Gasteiger partial charge < -0.3 is 15.0 Å². The Morgan fingerprint density at radius 3 is 2.67 bits per heavy atom. The van der Waals surface area contributed by atoms with Gasteiger partial charge in [0.25, 0.3) is 5.89 Å². The van der Waals surface area contributed by atoms with Crippen molar-refractivity contribution in [2.75, 3.05) is 5.73 Å². The van der Waals surface area contributed by atoms with Crippen LogP contribution in [-0.2, 0) is 6.61 Å². The van der Waals surface area contributed by atoms with Crippen molar-refractivity contribution in [3.05, 3.63) is 58.9 Å². The number of hydrogen-bond donors (Lipinski definition) is 1. The highest BCUT2D eigenvalue weighted by molar-refractivity contribution is 9.10. The van der Waals surface area contributed by atoms with Gasteiger partial charge in [-0.2, -0.15) is 4.98 Å². The molecule has 2 aromatic carbocycles. The molecule has 0 bridgehead atoms. The molecule has 0 aliphatic rings. The Labute approximate surface area is 129 Å². The SMILES string of the molecule is Nc1ccccc1OCc1nc(-c2ccccc2Br)no1. The fourth-order valence-corrected chi connectivity index (χ4v) is 2.28. The first kappa shape index (κ1) is 13.6. The zero-order valence-electron chi connectivity index (χ0n) is 11.0. The van der Waals surface area contributed by atoms with Crippen LogP contribution in [0.15, 0.2) is 57.5 Å². The van der Waals surface area contributed by atoms with E-state index < -0.39 is 0 Å². The van der Waals surface area contributed by atoms with Crippen LogP contribution in [0.1, 0.15) is 5.89 Å². The zero-order chi connectivity index (χ0) is 14.7. The Balaban J connectivity index is 1.74. The lowest BCUT2D eigenvalue weighted by atomic mass is 10.2. The van der Waals surface area contributed by atoms with Crippen LogP contribution in [0, 0.1) is 0 Å². The van der Waals surface area contributed by atoms with Crippen LogP contribution in [0.25, 0.3) is 11.4 Å². The van der Waals surface area contributed by atoms with Crippen molar-refractivity contribution in [1.29, 1.82) is 0 Å². The van der Waals surface area contributed by atoms with Crippen molar-refractivity contribution in [2.24, 2.45) is 0 Å². The predicted octanol–water partition coefficient (Wildman–Crippen LogP) is 3.66. The van der Waals surface area contributed by atoms with E-state index in [1.807, 2.05) is 36.4 Å². The number of nitrogens with two attached hydrogens (primary N) is 1. The first-order valence-corrected chi connectivity index (χ1v) is 7.08. The summed E-state index contributed by atoms with van der Waals surface area (Å²) in [5.41, 5.74) is 7.24. The third-order valence-corrected chi connectivity index (χ3v) is 3.54. The molecule has 2 N–H and O–H groups in total. The summed E-state index contributed by atoms with van der Waals surface area (Å²) in [6, 6.07) is 14.9. The van der Waals surface area contributed by atoms with Crippen molar-refractivity contribution in [2.45, 2.75) is 6.61 Å². The molecule has 0 saturated carbocycles. The Kier molecular flexibility index (Phi) is 3.87. The molecule has 0 aliphatic heterocycles. The quantitative estimate of drug-likeness (QED) is 0.730. The number of rotatable bonds is 4. The van der Waals surface area contributed by atoms with Crippen LogP contribution >= 0.6 is 15.9 Å². The molecular formula is C15H12BrN3O2. The van der Waals surface area contributed by atoms with Gasteiger partial charge in [-0.25, -0.2) is 0 Å². The third-order valence-electron chi connectivity index (χ3n) is 2.85. The lowest BCUT2D eigenvalue weighted by Crippen LogP contribution is -1.98. The Morgan fingerprint density at radius 1 is 1.10 bits per heavy atom. The number of nitrogen functional groups attached to an aromatic ring is 1. The van der Waals surface area contributed by atoms with Crippen molar-refractivity contribution in [3.63, 3.8) is 0 Å². The number of hydrogen-bond acceptors (Lipinski definition) is 5. The molecule has 5 nitrogen and oxygen atoms in total. The highest BCUT2D eigenvalue weighted by Gasteiger charge is 2.11. The van der Waals surface area contributed by atoms with E-state index in [-0.39, 0.29) is 6.61 Å². The molecule has 1 aromatic heterocycles. The van der Waals surface area contributed by atoms with Crippen LogP contribution in [0.2, 0.25) is 0 Å². The molecule has 3 rings (SSSR count). The second-order valence-electron chi connectivity index (χ2n) is 4.32. The van der Waals surface area contributed by atoms with E-state index >= 15 is 0 Å². The van der Waals surface area contributed by atoms with Crippen LogP contribution < -0.4 is 10.5 Å². The summed E-state index contributed by atoms with van der Waals surface area (Å²) in [4.78, 5) is 4.31. The minimum Gasteiger partial charge on any atom is -0.482 e. The smallest absolute Gasteiger partial charge is 0.264 e. The normalized spacial score (nSPS) is 10.5. The van der Waals surface area contributed by atoms with Gasteiger partial charge in [-0.3, -0.25) is 0 Å². The minimum absolute atomic E-state index is 0.172. The summed E-state index contributed by atoms with van der Waals surface area (Å²) in [7, 11) is 0. The molecule has 0 unspecified atom stereocenters. The first-order valence-electron chi connectivity index (χ1n) is 6.29. The van der Waals surface area contributed by atoms with E-state index in [1.165, 1.54) is 0 Å². The number of halogens is 1. The molecule has 0 amide bonds. The standard InChI is InChI=1S/C15H12BrN3O2/c16-11-6-2-1-5-10(11)15-18-14(21-19-15)9-20-13-8-4-3-7-12(13)17/h1-8H,9,17H2. The molecule has 0 fully saturated rings. The topological polar surface area (TPSA) is 74.2 Å². The van der Waals surface area contributed by atoms with Gasteiger partial charge in [0, 0.05) is 10.0 Å². The summed E-state index contributed by atoms with van der Waals surface area (Å²) < 4.78 is 11.7. The second-order valence-corrected chi connectivity index (χ2v) is 5.17. The van der Waals surface area contributed by atoms with Crippen molar-refractivity contribution >= 4 is 21.6 Å². The molecule has 0 spiro atoms. The van der Waals surface area contributed by atoms with Gasteiger partial charge >= 0.3 is 0 Å². The third kappa shape index (κ3) is 3.05. The highest BCUT2D eigenvalue weighted by atomic mass is 79.9. The lowest BCUT2D eigenvalue weighted by molar-refractivity contribution is 0.244. The molecular weight excluding hydrogens is 334 g/mol. The maximum absolute atomic E-state index is 5.80. The molecule has 0 saturated heterocycles. The summed E-state index contributed by atoms with van der Waals surface area (Å²) in [5, 5.41) is 3.95. The monoisotopic (exact) mass is 345 g/mol. The van der Waals surface area contributed by atoms with E-state index in [1.54, 1.807) is 12.1 Å². The molecule has 106 valence electrons. The van der Waals surface area contributed by atoms with E-state index in [4.69, 9.17) is 15.0 Å². The first-order chi connectivity index (χ1) is 10.2. The number of para-hydroxylation sites is 2. The molecule has 3 aromatic rings. The average Bonchev–Trinajstić information content (AvgIpc) is 2.96. The number of nitrogens with zero attached hydrogens (tertiary/aromatic N) is 2. The molecule has 0 aliphatic carbocycles. The Bertz CT molecular complexity index is 758. The van der Waals surface area contributed by atoms with E-state index in [0.29, 0.717) is 23.2 Å². The second kappa shape index (κ2) is 5.97. The van der Waals surface area contributed by atoms with Crippen molar-refractivity contribution in [1.82, 2.24) is 10.1 Å². The Hall–Kier alpha value is -2.34. The molecule has 1 heterocycles. The van der Waals surface area contributed by atoms with Gasteiger partial charge in [0.05, 0.1) is 5.69 Å². The van der Waals surface area contributed by atoms with Gasteiger partial charge in [-0.15, -0.1) is 0 Å². The van der Waals surface area contributed by atoms with E-state index in [0.717, 1.165) is 10.0 Å². The van der Waals surface area contributed by atoms with Crippen LogP contribution in [0.5, 0.6) is 5.75 Å². The summed E-state index contributed by atoms with van der Waals surface area (Å²) >= 11 is 3.46. The fraction of sp³-hybridized carbons (Fsp3) is 0.0667. The highest BCUT2D eigenvalue weighted by Crippen LogP contribution is 2.26. The average molecular weight is 346 g/mol. The Morgan fingerprint density at radius 2 is 1.86 bits per heavy atom. The summed E-state index contributed by atoms with van der Waals surface area (Å²) in [6.45, 7) is 0.172. The predicted molar refractivity (Wildman–Crippen MR) is 82.6 cm³/mol. The summed E-state index contributed by atoms with van der Waals surface area (Å²) in [5.74, 6) is 1.50. The maximum atomic E-state index is 5.80. The van der Waals surface area contributed by atoms with Crippen LogP contribution in [0.3, 0.4) is 0 Å². The summed E-state index contributed by atoms with van der Waals surface area (Å²) in [6.07, 6.45) is 0. The number of benzene rings is 2. The van der Waals surface area contributed by atoms with E-state index in [2.05, 4.69) is 26.1 Å². The van der Waals surface area contributed by atoms with Gasteiger partial charge in [0.2, 0.25) is 5.82 Å². The van der Waals surface area contributed by atoms with Gasteiger partial charge in [-0.1, -0.05) is 45.4 Å². The van der Waals surface area contributed by atoms with Gasteiger partial charge in [-0.05, 0) is 24.3 Å². The van der Waals surface area contributed by atoms with Crippen molar-refractivity contribution < 1.29 is 9.26 Å². The number of ether oxygens (including phenoxy) is 1. The molecule has 0 atom stereocenters. The maximum Gasteiger partial charge on any atom is 0.264 e.